The van der Waals surface area contributed by atoms with E-state index >= 15 is 0 Å². The topological polar surface area (TPSA) is 248 Å². The van der Waals surface area contributed by atoms with E-state index < -0.39 is 17.1 Å². The molecule has 0 amide bonds. The molecule has 0 aliphatic heterocycles. The van der Waals surface area contributed by atoms with Crippen LogP contribution in [0.25, 0.3) is 0 Å². The summed E-state index contributed by atoms with van der Waals surface area (Å²) >= 11 is 0. The number of carbonyl (C=O) groups is 1. The number of unbranched alkanes of at least 4 members (excludes halogenated alkanes) is 1. The molecule has 13 nitrogen and oxygen atoms in total. The molecule has 7 N–H and O–H groups in total. The SMILES string of the molecule is C.CC(=N)N.CC(=O)/C(C#N)=N/O.CCCC[O-].Cc1nc(N)c(N=O)c(=O)[nH]1.[Na+]. The smallest absolute Gasteiger partial charge is 0.854 e. The van der Waals surface area contributed by atoms with Crippen LogP contribution in [0.15, 0.2) is 15.1 Å². The molecule has 164 valence electrons. The number of nitroso groups, excluding NO2 is 1. The van der Waals surface area contributed by atoms with Crippen LogP contribution in [0.4, 0.5) is 11.5 Å². The Labute approximate surface area is 197 Å². The van der Waals surface area contributed by atoms with Gasteiger partial charge in [0.25, 0.3) is 5.56 Å². The minimum Gasteiger partial charge on any atom is -0.854 e. The number of aryl methyl sites for hydroxylation is 1. The molecule has 1 heterocycles. The molecule has 30 heavy (non-hydrogen) atoms. The molecule has 0 saturated carbocycles. The van der Waals surface area contributed by atoms with Crippen molar-refractivity contribution in [1.29, 1.82) is 10.7 Å². The number of nitriles is 1. The monoisotopic (exact) mass is 436 g/mol. The summed E-state index contributed by atoms with van der Waals surface area (Å²) in [6.45, 7) is 6.35. The van der Waals surface area contributed by atoms with Crippen LogP contribution in [-0.4, -0.2) is 39.1 Å². The van der Waals surface area contributed by atoms with Gasteiger partial charge in [0.2, 0.25) is 11.4 Å². The maximum Gasteiger partial charge on any atom is 1.00 e. The number of oxime groups is 1. The second-order valence-corrected chi connectivity index (χ2v) is 4.83. The van der Waals surface area contributed by atoms with Gasteiger partial charge in [-0.25, -0.2) is 4.98 Å². The van der Waals surface area contributed by atoms with Crippen LogP contribution in [-0.2, 0) is 4.79 Å². The zero-order valence-electron chi connectivity index (χ0n) is 17.1. The van der Waals surface area contributed by atoms with E-state index in [0.29, 0.717) is 5.82 Å². The second kappa shape index (κ2) is 24.4. The molecular weight excluding hydrogens is 407 g/mol. The molecule has 0 aromatic carbocycles. The number of ketones is 1. The average molecular weight is 436 g/mol. The molecule has 14 heteroatoms. The van der Waals surface area contributed by atoms with Gasteiger partial charge in [0.15, 0.2) is 11.6 Å². The van der Waals surface area contributed by atoms with E-state index in [2.05, 4.69) is 20.3 Å². The molecule has 0 atom stereocenters. The van der Waals surface area contributed by atoms with E-state index in [-0.39, 0.29) is 60.9 Å². The zero-order valence-corrected chi connectivity index (χ0v) is 19.1. The van der Waals surface area contributed by atoms with Gasteiger partial charge in [-0.2, -0.15) is 5.26 Å². The second-order valence-electron chi connectivity index (χ2n) is 4.83. The summed E-state index contributed by atoms with van der Waals surface area (Å²) in [6, 6.07) is 1.40. The number of aromatic amines is 1. The number of H-pyrrole nitrogens is 1. The molecule has 0 aliphatic rings. The normalized spacial score (nSPS) is 8.47. The summed E-state index contributed by atoms with van der Waals surface area (Å²) in [7, 11) is 0. The molecule has 1 rings (SSSR count). The number of hydrogen-bond acceptors (Lipinski definition) is 11. The Kier molecular flexibility index (Phi) is 30.9. The van der Waals surface area contributed by atoms with E-state index in [9.17, 15) is 19.6 Å². The Hall–Kier alpha value is -2.66. The van der Waals surface area contributed by atoms with Crippen LogP contribution in [0.3, 0.4) is 0 Å². The number of nitrogens with zero attached hydrogens (tertiary/aromatic N) is 4. The van der Waals surface area contributed by atoms with E-state index in [0.717, 1.165) is 19.8 Å². The third kappa shape index (κ3) is 23.4. The quantitative estimate of drug-likeness (QED) is 0.0849. The Morgan fingerprint density at radius 3 is 2.07 bits per heavy atom. The van der Waals surface area contributed by atoms with Crippen molar-refractivity contribution in [3.8, 4) is 6.07 Å². The summed E-state index contributed by atoms with van der Waals surface area (Å²) in [6.07, 6.45) is 1.86. The summed E-state index contributed by atoms with van der Waals surface area (Å²) in [5.41, 5.74) is 8.46. The molecule has 0 aliphatic carbocycles. The number of aromatic nitrogens is 2. The van der Waals surface area contributed by atoms with Crippen molar-refractivity contribution in [2.45, 2.75) is 48.0 Å². The van der Waals surface area contributed by atoms with E-state index in [4.69, 9.17) is 27.3 Å². The number of nitrogens with two attached hydrogens (primary N) is 2. The number of hydrogen-bond donors (Lipinski definition) is 5. The molecule has 1 aromatic rings. The fraction of sp³-hybridized carbons (Fsp3) is 0.500. The van der Waals surface area contributed by atoms with Gasteiger partial charge in [-0.05, 0) is 19.0 Å². The number of amidine groups is 1. The Balaban J connectivity index is -0.0000000977. The number of carbonyl (C=O) groups excluding carboxylic acids is 1. The van der Waals surface area contributed by atoms with Gasteiger partial charge in [0.1, 0.15) is 11.9 Å². The molecule has 0 bridgehead atoms. The predicted molar refractivity (Wildman–Crippen MR) is 109 cm³/mol. The number of Topliss-reactive ketones (excluding diaryl/α,β-unsaturated/α-hetero) is 1. The number of nitrogen functional groups attached to an aromatic ring is 1. The number of rotatable bonds is 4. The van der Waals surface area contributed by atoms with Crippen LogP contribution in [0, 0.1) is 28.6 Å². The fourth-order valence-corrected chi connectivity index (χ4v) is 1.01. The van der Waals surface area contributed by atoms with Gasteiger partial charge < -0.3 is 26.8 Å². The van der Waals surface area contributed by atoms with Crippen molar-refractivity contribution in [1.82, 2.24) is 9.97 Å². The fourth-order valence-electron chi connectivity index (χ4n) is 1.01. The average Bonchev–Trinajstić information content (AvgIpc) is 2.56. The Morgan fingerprint density at radius 2 is 1.90 bits per heavy atom. The first kappa shape index (κ1) is 38.0. The summed E-state index contributed by atoms with van der Waals surface area (Å²) in [5, 5.41) is 36.4. The van der Waals surface area contributed by atoms with Gasteiger partial charge >= 0.3 is 29.6 Å². The summed E-state index contributed by atoms with van der Waals surface area (Å²) in [4.78, 5) is 36.8. The molecule has 0 fully saturated rings. The first-order valence-corrected chi connectivity index (χ1v) is 7.73. The standard InChI is InChI=1S/C5H6N4O2.C4H4N2O2.C4H9O.C2H6N2.CH4.Na/c1-2-7-4(6)3(9-11)5(10)8-2;1-3(7)4(2-5)6-8;1-2-3-4-5;1-2(3)4;;/h1H3,(H3,6,7,8,10);8H,1H3;2-4H2,1H3;1H3,(H3,3,4);1H4;/q;;-1;;;+1/b;6-4+;;;;. The molecule has 0 unspecified atom stereocenters. The predicted octanol–water partition coefficient (Wildman–Crippen LogP) is -2.28. The van der Waals surface area contributed by atoms with Crippen LogP contribution < -0.4 is 51.7 Å². The van der Waals surface area contributed by atoms with Crippen molar-refractivity contribution < 1.29 is 44.7 Å². The van der Waals surface area contributed by atoms with Crippen LogP contribution >= 0.6 is 0 Å². The van der Waals surface area contributed by atoms with E-state index in [1.54, 1.807) is 6.92 Å². The Morgan fingerprint density at radius 1 is 1.43 bits per heavy atom. The van der Waals surface area contributed by atoms with Gasteiger partial charge in [-0.15, -0.1) is 11.5 Å². The molecular formula is C16H29N8NaO5. The van der Waals surface area contributed by atoms with Crippen molar-refractivity contribution >= 4 is 28.8 Å². The van der Waals surface area contributed by atoms with Crippen molar-refractivity contribution in [3.63, 3.8) is 0 Å². The third-order valence-corrected chi connectivity index (χ3v) is 2.17. The van der Waals surface area contributed by atoms with E-state index in [1.807, 2.05) is 6.92 Å². The largest absolute Gasteiger partial charge is 1.00 e. The maximum absolute atomic E-state index is 10.8. The van der Waals surface area contributed by atoms with Gasteiger partial charge in [0, 0.05) is 6.92 Å². The van der Waals surface area contributed by atoms with E-state index in [1.165, 1.54) is 13.0 Å². The molecule has 0 saturated heterocycles. The molecule has 0 radical (unpaired) electrons. The minimum atomic E-state index is -0.606. The first-order chi connectivity index (χ1) is 13.0. The first-order valence-electron chi connectivity index (χ1n) is 7.73. The third-order valence-electron chi connectivity index (χ3n) is 2.17. The summed E-state index contributed by atoms with van der Waals surface area (Å²) < 4.78 is 0. The van der Waals surface area contributed by atoms with Crippen molar-refractivity contribution in [2.24, 2.45) is 16.1 Å². The maximum atomic E-state index is 10.8. The summed E-state index contributed by atoms with van der Waals surface area (Å²) in [5.74, 6) is -0.142. The van der Waals surface area contributed by atoms with Crippen LogP contribution in [0.5, 0.6) is 0 Å². The van der Waals surface area contributed by atoms with Crippen LogP contribution in [0.2, 0.25) is 0 Å². The van der Waals surface area contributed by atoms with Gasteiger partial charge in [-0.3, -0.25) is 15.0 Å². The Bertz CT molecular complexity index is 753. The minimum absolute atomic E-state index is 0. The number of nitrogens with one attached hydrogen (secondary N) is 2. The number of anilines is 1. The van der Waals surface area contributed by atoms with Gasteiger partial charge in [0.05, 0.1) is 5.84 Å². The molecule has 1 aromatic heterocycles. The molecule has 0 spiro atoms. The van der Waals surface area contributed by atoms with Crippen LogP contribution in [0.1, 0.15) is 46.9 Å². The zero-order chi connectivity index (χ0) is 22.7. The van der Waals surface area contributed by atoms with Gasteiger partial charge in [-0.1, -0.05) is 32.3 Å². The van der Waals surface area contributed by atoms with Crippen molar-refractivity contribution in [2.75, 3.05) is 12.3 Å². The van der Waals surface area contributed by atoms with Crippen molar-refractivity contribution in [3.05, 3.63) is 21.1 Å².